The predicted molar refractivity (Wildman–Crippen MR) is 111 cm³/mol. The zero-order valence-electron chi connectivity index (χ0n) is 17.5. The van der Waals surface area contributed by atoms with Gasteiger partial charge >= 0.3 is 0 Å². The van der Waals surface area contributed by atoms with Gasteiger partial charge in [0.15, 0.2) is 0 Å². The molecule has 1 aliphatic carbocycles. The van der Waals surface area contributed by atoms with Crippen LogP contribution in [-0.4, -0.2) is 51.5 Å². The summed E-state index contributed by atoms with van der Waals surface area (Å²) in [6.45, 7) is 6.27. The number of benzene rings is 1. The second-order valence-electron chi connectivity index (χ2n) is 8.84. The van der Waals surface area contributed by atoms with Crippen LogP contribution in [0.15, 0.2) is 24.3 Å². The second-order valence-corrected chi connectivity index (χ2v) is 10.6. The van der Waals surface area contributed by atoms with E-state index in [-0.39, 0.29) is 17.2 Å². The predicted octanol–water partition coefficient (Wildman–Crippen LogP) is 1.19. The number of β-lactam (4-membered cyclic amide) rings is 1. The third-order valence-corrected chi connectivity index (χ3v) is 8.04. The monoisotopic (exact) mass is 431 g/mol. The van der Waals surface area contributed by atoms with Crippen LogP contribution in [0.5, 0.6) is 5.75 Å². The molecule has 0 radical (unpaired) electrons. The zero-order chi connectivity index (χ0) is 21.7. The summed E-state index contributed by atoms with van der Waals surface area (Å²) in [4.78, 5) is 38.9. The molecule has 0 spiro atoms. The van der Waals surface area contributed by atoms with Gasteiger partial charge in [-0.05, 0) is 50.8 Å². The molecule has 8 heteroatoms. The van der Waals surface area contributed by atoms with E-state index in [2.05, 4.69) is 5.32 Å². The van der Waals surface area contributed by atoms with Gasteiger partial charge in [-0.2, -0.15) is 0 Å². The van der Waals surface area contributed by atoms with Crippen molar-refractivity contribution in [2.24, 2.45) is 0 Å². The number of nitrogens with one attached hydrogen (secondary N) is 1. The number of carbonyl (C=O) groups is 3. The summed E-state index contributed by atoms with van der Waals surface area (Å²) in [6, 6.07) is 5.94. The smallest absolute Gasteiger partial charge is 0.249 e. The van der Waals surface area contributed by atoms with E-state index < -0.39 is 28.2 Å². The molecule has 4 rings (SSSR count). The molecule has 3 atom stereocenters. The third kappa shape index (κ3) is 3.16. The van der Waals surface area contributed by atoms with Gasteiger partial charge in [-0.25, -0.2) is 0 Å². The van der Waals surface area contributed by atoms with Crippen molar-refractivity contribution in [3.63, 3.8) is 0 Å². The van der Waals surface area contributed by atoms with Crippen LogP contribution in [0, 0.1) is 0 Å². The number of hydrogen-bond donors (Lipinski definition) is 1. The van der Waals surface area contributed by atoms with Gasteiger partial charge in [-0.3, -0.25) is 9.59 Å². The summed E-state index contributed by atoms with van der Waals surface area (Å²) < 4.78 is 4.96. The molecule has 1 saturated carbocycles. The summed E-state index contributed by atoms with van der Waals surface area (Å²) in [7, 11) is 0. The van der Waals surface area contributed by atoms with E-state index in [9.17, 15) is 19.5 Å². The number of ether oxygens (including phenoxy) is 1. The Bertz CT molecular complexity index is 865. The lowest BCUT2D eigenvalue weighted by atomic mass is 9.63. The first-order chi connectivity index (χ1) is 14.2. The molecule has 1 aromatic rings. The minimum Gasteiger partial charge on any atom is -0.548 e. The van der Waals surface area contributed by atoms with Crippen LogP contribution in [0.3, 0.4) is 0 Å². The second kappa shape index (κ2) is 7.48. The van der Waals surface area contributed by atoms with Crippen molar-refractivity contribution in [3.05, 3.63) is 29.8 Å². The van der Waals surface area contributed by atoms with E-state index in [4.69, 9.17) is 4.74 Å². The minimum atomic E-state index is -1.26. The molecule has 2 amide bonds. The molecular formula is C22H27N2O5S-. The van der Waals surface area contributed by atoms with E-state index in [1.54, 1.807) is 13.8 Å². The van der Waals surface area contributed by atoms with E-state index in [0.29, 0.717) is 6.61 Å². The Kier molecular flexibility index (Phi) is 5.24. The van der Waals surface area contributed by atoms with Crippen LogP contribution in [0.2, 0.25) is 0 Å². The van der Waals surface area contributed by atoms with Crippen molar-refractivity contribution in [1.82, 2.24) is 10.2 Å². The standard InChI is InChI=1S/C22H28N2O5S/c1-4-12-29-14-8-6-13(7-9-14)22(10-5-11-22)20(28)23-15-17(25)24-16(19(26)27)21(2,3)30-18(15)24/h6-9,15-16,18H,4-5,10-12H2,1-3H3,(H,23,28)(H,26,27)/p-1. The number of carbonyl (C=O) groups excluding carboxylic acids is 3. The molecular weight excluding hydrogens is 404 g/mol. The SMILES string of the molecule is CCCOc1ccc(C2(C(=O)NC3C(=O)N4C3SC(C)(C)C4C(=O)[O-])CCC2)cc1. The van der Waals surface area contributed by atoms with Gasteiger partial charge in [0.05, 0.1) is 24.0 Å². The van der Waals surface area contributed by atoms with Gasteiger partial charge in [-0.1, -0.05) is 25.5 Å². The highest BCUT2D eigenvalue weighted by Crippen LogP contribution is 2.51. The van der Waals surface area contributed by atoms with Crippen molar-refractivity contribution in [3.8, 4) is 5.75 Å². The molecule has 1 N–H and O–H groups in total. The molecule has 0 aromatic heterocycles. The molecule has 2 saturated heterocycles. The molecule has 30 heavy (non-hydrogen) atoms. The maximum Gasteiger partial charge on any atom is 0.249 e. The van der Waals surface area contributed by atoms with Gasteiger partial charge < -0.3 is 24.9 Å². The first-order valence-corrected chi connectivity index (χ1v) is 11.3. The Morgan fingerprint density at radius 2 is 1.93 bits per heavy atom. The number of thioether (sulfide) groups is 1. The normalized spacial score (nSPS) is 28.2. The number of hydrogen-bond acceptors (Lipinski definition) is 6. The van der Waals surface area contributed by atoms with Crippen LogP contribution >= 0.6 is 11.8 Å². The Balaban J connectivity index is 1.48. The largest absolute Gasteiger partial charge is 0.548 e. The van der Waals surface area contributed by atoms with E-state index in [1.807, 2.05) is 31.2 Å². The van der Waals surface area contributed by atoms with Crippen LogP contribution in [-0.2, 0) is 19.8 Å². The van der Waals surface area contributed by atoms with Gasteiger partial charge in [0, 0.05) is 4.75 Å². The molecule has 7 nitrogen and oxygen atoms in total. The van der Waals surface area contributed by atoms with Crippen molar-refractivity contribution >= 4 is 29.5 Å². The highest BCUT2D eigenvalue weighted by molar-refractivity contribution is 8.01. The summed E-state index contributed by atoms with van der Waals surface area (Å²) in [5.41, 5.74) is 0.280. The summed E-state index contributed by atoms with van der Waals surface area (Å²) >= 11 is 1.40. The topological polar surface area (TPSA) is 98.8 Å². The van der Waals surface area contributed by atoms with Gasteiger partial charge in [0.2, 0.25) is 11.8 Å². The summed E-state index contributed by atoms with van der Waals surface area (Å²) in [6.07, 6.45) is 3.33. The maximum absolute atomic E-state index is 13.3. The number of aliphatic carboxylic acids is 1. The third-order valence-electron chi connectivity index (χ3n) is 6.47. The van der Waals surface area contributed by atoms with Crippen LogP contribution in [0.4, 0.5) is 0 Å². The maximum atomic E-state index is 13.3. The molecule has 3 fully saturated rings. The van der Waals surface area contributed by atoms with E-state index in [1.165, 1.54) is 16.7 Å². The fraction of sp³-hybridized carbons (Fsp3) is 0.591. The van der Waals surface area contributed by atoms with Crippen LogP contribution in [0.25, 0.3) is 0 Å². The number of amides is 2. The van der Waals surface area contributed by atoms with Crippen LogP contribution < -0.4 is 15.2 Å². The van der Waals surface area contributed by atoms with E-state index in [0.717, 1.165) is 37.0 Å². The number of carboxylic acids is 1. The zero-order valence-corrected chi connectivity index (χ0v) is 18.3. The molecule has 1 aromatic carbocycles. The average Bonchev–Trinajstić information content (AvgIpc) is 2.92. The Hall–Kier alpha value is -2.22. The number of rotatable bonds is 7. The highest BCUT2D eigenvalue weighted by Gasteiger charge is 2.63. The Labute approximate surface area is 180 Å². The quantitative estimate of drug-likeness (QED) is 0.652. The highest BCUT2D eigenvalue weighted by atomic mass is 32.2. The molecule has 0 bridgehead atoms. The van der Waals surface area contributed by atoms with Crippen LogP contribution in [0.1, 0.15) is 52.0 Å². The summed E-state index contributed by atoms with van der Waals surface area (Å²) in [5.74, 6) is -0.991. The lowest BCUT2D eigenvalue weighted by Gasteiger charge is -2.48. The van der Waals surface area contributed by atoms with Crippen molar-refractivity contribution in [2.75, 3.05) is 6.61 Å². The molecule has 2 aliphatic heterocycles. The minimum absolute atomic E-state index is 0.163. The first kappa shape index (κ1) is 21.0. The lowest BCUT2D eigenvalue weighted by molar-refractivity contribution is -0.312. The lowest BCUT2D eigenvalue weighted by Crippen LogP contribution is -2.73. The number of fused-ring (bicyclic) bond motifs is 1. The Morgan fingerprint density at radius 3 is 2.47 bits per heavy atom. The van der Waals surface area contributed by atoms with Gasteiger partial charge in [0.25, 0.3) is 0 Å². The number of nitrogens with zero attached hydrogens (tertiary/aromatic N) is 1. The summed E-state index contributed by atoms with van der Waals surface area (Å²) in [5, 5.41) is 14.1. The van der Waals surface area contributed by atoms with Gasteiger partial charge in [0.1, 0.15) is 17.2 Å². The van der Waals surface area contributed by atoms with Gasteiger partial charge in [-0.15, -0.1) is 11.8 Å². The fourth-order valence-electron chi connectivity index (χ4n) is 4.67. The van der Waals surface area contributed by atoms with Crippen molar-refractivity contribution < 1.29 is 24.2 Å². The van der Waals surface area contributed by atoms with E-state index >= 15 is 0 Å². The van der Waals surface area contributed by atoms with Crippen molar-refractivity contribution in [2.45, 2.75) is 74.1 Å². The van der Waals surface area contributed by atoms with Crippen molar-refractivity contribution in [1.29, 1.82) is 0 Å². The Morgan fingerprint density at radius 1 is 1.27 bits per heavy atom. The average molecular weight is 432 g/mol. The number of carboxylic acid groups (broad SMARTS) is 1. The molecule has 162 valence electrons. The fourth-order valence-corrected chi connectivity index (χ4v) is 6.29. The first-order valence-electron chi connectivity index (χ1n) is 10.5. The molecule has 3 unspecified atom stereocenters. The molecule has 2 heterocycles. The molecule has 3 aliphatic rings.